The lowest BCUT2D eigenvalue weighted by Crippen LogP contribution is -2.53. The van der Waals surface area contributed by atoms with Crippen molar-refractivity contribution in [1.29, 1.82) is 0 Å². The van der Waals surface area contributed by atoms with Crippen LogP contribution < -0.4 is 0 Å². The van der Waals surface area contributed by atoms with Crippen molar-refractivity contribution in [3.05, 3.63) is 0 Å². The molecule has 1 aliphatic heterocycles. The number of rotatable bonds is 0. The maximum Gasteiger partial charge on any atom is 0.263 e. The summed E-state index contributed by atoms with van der Waals surface area (Å²) in [4.78, 5) is 1.97. The molecular weight excluding hydrogens is 172 g/mol. The molecule has 3 heteroatoms. The van der Waals surface area contributed by atoms with Gasteiger partial charge < -0.3 is 0 Å². The second-order valence-electron chi connectivity index (χ2n) is 5.41. The number of halogens is 2. The Labute approximate surface area is 78.1 Å². The first-order valence-electron chi connectivity index (χ1n) is 4.95. The summed E-state index contributed by atoms with van der Waals surface area (Å²) < 4.78 is 26.8. The second-order valence-corrected chi connectivity index (χ2v) is 5.41. The second kappa shape index (κ2) is 2.44. The van der Waals surface area contributed by atoms with E-state index in [1.165, 1.54) is 0 Å². The summed E-state index contributed by atoms with van der Waals surface area (Å²) in [5.41, 5.74) is -0.108. The Hall–Kier alpha value is -0.180. The molecule has 0 N–H and O–H groups in total. The van der Waals surface area contributed by atoms with Gasteiger partial charge in [-0.3, -0.25) is 4.90 Å². The molecule has 1 nitrogen and oxygen atoms in total. The Balaban J connectivity index is 2.20. The predicted molar refractivity (Wildman–Crippen MR) is 47.9 cm³/mol. The van der Waals surface area contributed by atoms with E-state index < -0.39 is 12.0 Å². The molecule has 1 heterocycles. The van der Waals surface area contributed by atoms with E-state index in [4.69, 9.17) is 0 Å². The van der Waals surface area contributed by atoms with Crippen molar-refractivity contribution in [2.45, 2.75) is 51.1 Å². The minimum Gasteiger partial charge on any atom is -0.290 e. The van der Waals surface area contributed by atoms with Crippen LogP contribution in [0.1, 0.15) is 33.6 Å². The van der Waals surface area contributed by atoms with E-state index in [2.05, 4.69) is 0 Å². The fraction of sp³-hybridized carbons (Fsp3) is 1.00. The lowest BCUT2D eigenvalue weighted by Gasteiger charge is -2.41. The van der Waals surface area contributed by atoms with Crippen molar-refractivity contribution in [3.63, 3.8) is 0 Å². The molecule has 0 aromatic carbocycles. The first-order valence-corrected chi connectivity index (χ1v) is 4.95. The van der Waals surface area contributed by atoms with Crippen LogP contribution in [-0.4, -0.2) is 28.9 Å². The smallest absolute Gasteiger partial charge is 0.263 e. The van der Waals surface area contributed by atoms with Crippen molar-refractivity contribution in [1.82, 2.24) is 4.90 Å². The number of nitrogens with zero attached hydrogens (tertiary/aromatic N) is 1. The molecule has 2 rings (SSSR count). The Kier molecular flexibility index (Phi) is 1.76. The molecule has 1 saturated carbocycles. The molecule has 0 amide bonds. The first kappa shape index (κ1) is 9.38. The lowest BCUT2D eigenvalue weighted by atomic mass is 9.99. The van der Waals surface area contributed by atoms with E-state index in [1.807, 2.05) is 25.7 Å². The highest BCUT2D eigenvalue weighted by Crippen LogP contribution is 2.49. The van der Waals surface area contributed by atoms with Gasteiger partial charge in [0.15, 0.2) is 0 Å². The number of alkyl halides is 2. The molecule has 1 aliphatic carbocycles. The molecule has 0 aromatic heterocycles. The third kappa shape index (κ3) is 1.37. The Morgan fingerprint density at radius 2 is 1.92 bits per heavy atom. The molecule has 2 aliphatic rings. The van der Waals surface area contributed by atoms with Crippen molar-refractivity contribution in [2.24, 2.45) is 5.92 Å². The van der Waals surface area contributed by atoms with Gasteiger partial charge in [-0.15, -0.1) is 0 Å². The van der Waals surface area contributed by atoms with Gasteiger partial charge in [-0.25, -0.2) is 8.78 Å². The summed E-state index contributed by atoms with van der Waals surface area (Å²) in [5, 5.41) is 0. The zero-order chi connectivity index (χ0) is 9.85. The van der Waals surface area contributed by atoms with Gasteiger partial charge in [0.05, 0.1) is 6.04 Å². The van der Waals surface area contributed by atoms with Crippen LogP contribution in [0, 0.1) is 5.92 Å². The zero-order valence-electron chi connectivity index (χ0n) is 8.48. The summed E-state index contributed by atoms with van der Waals surface area (Å²) in [7, 11) is 0. The molecule has 1 saturated heterocycles. The van der Waals surface area contributed by atoms with Gasteiger partial charge in [0, 0.05) is 18.5 Å². The van der Waals surface area contributed by atoms with Gasteiger partial charge in [-0.2, -0.15) is 0 Å². The van der Waals surface area contributed by atoms with E-state index in [-0.39, 0.29) is 17.9 Å². The molecule has 2 unspecified atom stereocenters. The summed E-state index contributed by atoms with van der Waals surface area (Å²) in [6.07, 6.45) is 0.814. The van der Waals surface area contributed by atoms with E-state index in [0.717, 1.165) is 6.54 Å². The van der Waals surface area contributed by atoms with Crippen LogP contribution in [0.3, 0.4) is 0 Å². The molecule has 76 valence electrons. The quantitative estimate of drug-likeness (QED) is 0.566. The maximum absolute atomic E-state index is 13.4. The zero-order valence-corrected chi connectivity index (χ0v) is 8.48. The molecule has 2 bridgehead atoms. The topological polar surface area (TPSA) is 3.24 Å². The number of hydrogen-bond acceptors (Lipinski definition) is 1. The summed E-state index contributed by atoms with van der Waals surface area (Å²) in [6, 6.07) is -0.488. The van der Waals surface area contributed by atoms with E-state index >= 15 is 0 Å². The van der Waals surface area contributed by atoms with Crippen molar-refractivity contribution in [2.75, 3.05) is 6.54 Å². The molecule has 0 radical (unpaired) electrons. The molecule has 2 fully saturated rings. The molecule has 0 spiro atoms. The predicted octanol–water partition coefficient (Wildman–Crippen LogP) is 2.51. The third-order valence-corrected chi connectivity index (χ3v) is 3.30. The van der Waals surface area contributed by atoms with E-state index in [9.17, 15) is 8.78 Å². The largest absolute Gasteiger partial charge is 0.290 e. The minimum atomic E-state index is -2.43. The van der Waals surface area contributed by atoms with Crippen molar-refractivity contribution in [3.8, 4) is 0 Å². The number of piperidine rings is 1. The van der Waals surface area contributed by atoms with Gasteiger partial charge in [0.2, 0.25) is 0 Å². The van der Waals surface area contributed by atoms with Crippen LogP contribution >= 0.6 is 0 Å². The minimum absolute atomic E-state index is 0.108. The van der Waals surface area contributed by atoms with E-state index in [1.54, 1.807) is 0 Å². The normalized spacial score (nSPS) is 38.5. The first-order chi connectivity index (χ1) is 5.81. The fourth-order valence-corrected chi connectivity index (χ4v) is 2.73. The third-order valence-electron chi connectivity index (χ3n) is 3.30. The van der Waals surface area contributed by atoms with Gasteiger partial charge in [0.1, 0.15) is 0 Å². The summed E-state index contributed by atoms with van der Waals surface area (Å²) >= 11 is 0. The Morgan fingerprint density at radius 3 is 2.23 bits per heavy atom. The monoisotopic (exact) mass is 189 g/mol. The standard InChI is InChI=1S/C10H17F2N/c1-9(2,3)13-6-7-4-8(13)10(11,12)5-7/h7-8H,4-6H2,1-3H3. The molecule has 0 aromatic rings. The van der Waals surface area contributed by atoms with Gasteiger partial charge in [0.25, 0.3) is 5.92 Å². The summed E-state index contributed by atoms with van der Waals surface area (Å²) in [6.45, 7) is 6.92. The fourth-order valence-electron chi connectivity index (χ4n) is 2.73. The van der Waals surface area contributed by atoms with Crippen LogP contribution in [0.15, 0.2) is 0 Å². The lowest BCUT2D eigenvalue weighted by molar-refractivity contribution is -0.0999. The Bertz CT molecular complexity index is 219. The van der Waals surface area contributed by atoms with Crippen molar-refractivity contribution >= 4 is 0 Å². The van der Waals surface area contributed by atoms with Crippen molar-refractivity contribution < 1.29 is 8.78 Å². The Morgan fingerprint density at radius 1 is 1.31 bits per heavy atom. The SMILES string of the molecule is CC(C)(C)N1CC2CC1C(F)(F)C2. The molecule has 13 heavy (non-hydrogen) atoms. The van der Waals surface area contributed by atoms with Gasteiger partial charge in [-0.05, 0) is 33.1 Å². The van der Waals surface area contributed by atoms with Crippen LogP contribution in [0.2, 0.25) is 0 Å². The number of fused-ring (bicyclic) bond motifs is 2. The highest BCUT2D eigenvalue weighted by atomic mass is 19.3. The number of hydrogen-bond donors (Lipinski definition) is 0. The molecule has 2 atom stereocenters. The highest BCUT2D eigenvalue weighted by molar-refractivity contribution is 5.05. The van der Waals surface area contributed by atoms with Crippen LogP contribution in [0.4, 0.5) is 8.78 Å². The van der Waals surface area contributed by atoms with Crippen LogP contribution in [0.25, 0.3) is 0 Å². The molecular formula is C10H17F2N. The average molecular weight is 189 g/mol. The van der Waals surface area contributed by atoms with E-state index in [0.29, 0.717) is 6.42 Å². The maximum atomic E-state index is 13.4. The summed E-state index contributed by atoms with van der Waals surface area (Å²) in [5.74, 6) is -2.20. The van der Waals surface area contributed by atoms with Gasteiger partial charge >= 0.3 is 0 Å². The van der Waals surface area contributed by atoms with Crippen LogP contribution in [0.5, 0.6) is 0 Å². The van der Waals surface area contributed by atoms with Crippen LogP contribution in [-0.2, 0) is 0 Å². The average Bonchev–Trinajstić information content (AvgIpc) is 2.38. The number of likely N-dealkylation sites (tertiary alicyclic amines) is 1. The van der Waals surface area contributed by atoms with Gasteiger partial charge in [-0.1, -0.05) is 0 Å². The highest BCUT2D eigenvalue weighted by Gasteiger charge is 2.58.